The molecule has 0 bridgehead atoms. The second kappa shape index (κ2) is 13.9. The zero-order chi connectivity index (χ0) is 28.7. The number of likely N-dealkylation sites (tertiary alicyclic amines) is 1. The van der Waals surface area contributed by atoms with E-state index in [-0.39, 0.29) is 31.7 Å². The summed E-state index contributed by atoms with van der Waals surface area (Å²) in [4.78, 5) is 26.9. The molecule has 0 radical (unpaired) electrons. The number of aliphatic carboxylic acids is 1. The molecule has 40 heavy (non-hydrogen) atoms. The van der Waals surface area contributed by atoms with Gasteiger partial charge in [-0.25, -0.2) is 13.6 Å². The number of alkyl halides is 2. The lowest BCUT2D eigenvalue weighted by molar-refractivity contribution is -0.139. The Kier molecular flexibility index (Phi) is 10.6. The average Bonchev–Trinajstić information content (AvgIpc) is 3.23. The van der Waals surface area contributed by atoms with E-state index in [9.17, 15) is 23.5 Å². The highest BCUT2D eigenvalue weighted by atomic mass is 32.2. The monoisotopic (exact) mass is 574 g/mol. The number of halogens is 2. The zero-order valence-corrected chi connectivity index (χ0v) is 24.2. The first-order valence-corrected chi connectivity index (χ1v) is 15.5. The van der Waals surface area contributed by atoms with E-state index in [1.54, 1.807) is 17.0 Å². The van der Waals surface area contributed by atoms with E-state index in [1.165, 1.54) is 18.2 Å². The summed E-state index contributed by atoms with van der Waals surface area (Å²) >= 11 is 1.52. The van der Waals surface area contributed by atoms with Gasteiger partial charge in [-0.2, -0.15) is 11.8 Å². The number of hydrogen-bond donors (Lipinski definition) is 2. The molecule has 2 atom stereocenters. The van der Waals surface area contributed by atoms with Crippen molar-refractivity contribution in [1.29, 1.82) is 0 Å². The number of carbonyl (C=O) groups excluding carboxylic acids is 1. The van der Waals surface area contributed by atoms with Crippen molar-refractivity contribution in [2.75, 3.05) is 25.2 Å². The van der Waals surface area contributed by atoms with Gasteiger partial charge in [0, 0.05) is 24.6 Å². The van der Waals surface area contributed by atoms with Gasteiger partial charge in [0.25, 0.3) is 11.8 Å². The fourth-order valence-corrected chi connectivity index (χ4v) is 6.21. The number of nitrogens with zero attached hydrogens (tertiary/aromatic N) is 1. The van der Waals surface area contributed by atoms with E-state index in [0.717, 1.165) is 42.4 Å². The van der Waals surface area contributed by atoms with E-state index in [4.69, 9.17) is 4.74 Å². The number of aryl methyl sites for hydroxylation is 1. The van der Waals surface area contributed by atoms with Crippen molar-refractivity contribution in [3.8, 4) is 11.1 Å². The molecule has 218 valence electrons. The quantitative estimate of drug-likeness (QED) is 0.316. The summed E-state index contributed by atoms with van der Waals surface area (Å²) in [6.07, 6.45) is 7.58. The maximum atomic E-state index is 14.6. The SMILES string of the molecule is CSCCC(NC(=O)c1ccc(CN2CC(F)(F)CC2COC2CCCCC2)cc1-c1ccccc1C)C(=O)O. The van der Waals surface area contributed by atoms with E-state index in [2.05, 4.69) is 5.32 Å². The van der Waals surface area contributed by atoms with Crippen molar-refractivity contribution in [2.45, 2.75) is 82.5 Å². The number of carbonyl (C=O) groups is 2. The van der Waals surface area contributed by atoms with Crippen LogP contribution in [0.3, 0.4) is 0 Å². The third-order valence-corrected chi connectivity index (χ3v) is 8.57. The second-order valence-electron chi connectivity index (χ2n) is 11.1. The lowest BCUT2D eigenvalue weighted by Gasteiger charge is -2.28. The second-order valence-corrected chi connectivity index (χ2v) is 12.0. The molecular formula is C31H40F2N2O4S. The highest BCUT2D eigenvalue weighted by Crippen LogP contribution is 2.35. The molecule has 1 saturated heterocycles. The zero-order valence-electron chi connectivity index (χ0n) is 23.3. The van der Waals surface area contributed by atoms with Gasteiger partial charge in [0.2, 0.25) is 0 Å². The number of carboxylic acid groups (broad SMARTS) is 1. The van der Waals surface area contributed by atoms with Crippen LogP contribution in [-0.2, 0) is 16.1 Å². The number of benzene rings is 2. The molecule has 2 aromatic carbocycles. The Morgan fingerprint density at radius 2 is 1.90 bits per heavy atom. The number of nitrogens with one attached hydrogen (secondary N) is 1. The van der Waals surface area contributed by atoms with Gasteiger partial charge in [-0.05, 0) is 72.6 Å². The molecule has 1 aliphatic heterocycles. The van der Waals surface area contributed by atoms with Crippen molar-refractivity contribution < 1.29 is 28.2 Å². The van der Waals surface area contributed by atoms with Gasteiger partial charge in [-0.15, -0.1) is 0 Å². The Bertz CT molecular complexity index is 1170. The van der Waals surface area contributed by atoms with Crippen molar-refractivity contribution in [1.82, 2.24) is 10.2 Å². The molecule has 9 heteroatoms. The predicted octanol–water partition coefficient (Wildman–Crippen LogP) is 6.16. The van der Waals surface area contributed by atoms with Crippen LogP contribution in [0.2, 0.25) is 0 Å². The summed E-state index contributed by atoms with van der Waals surface area (Å²) in [5.41, 5.74) is 3.62. The van der Waals surface area contributed by atoms with Crippen LogP contribution in [0, 0.1) is 6.92 Å². The maximum Gasteiger partial charge on any atom is 0.326 e. The first kappa shape index (κ1) is 30.5. The first-order valence-electron chi connectivity index (χ1n) is 14.1. The molecule has 6 nitrogen and oxygen atoms in total. The smallest absolute Gasteiger partial charge is 0.326 e. The van der Waals surface area contributed by atoms with E-state index < -0.39 is 23.8 Å². The summed E-state index contributed by atoms with van der Waals surface area (Å²) in [5, 5.41) is 12.3. The minimum absolute atomic E-state index is 0.154. The van der Waals surface area contributed by atoms with Crippen LogP contribution < -0.4 is 5.32 Å². The normalized spacial score (nSPS) is 20.4. The Morgan fingerprint density at radius 3 is 2.60 bits per heavy atom. The minimum Gasteiger partial charge on any atom is -0.480 e. The van der Waals surface area contributed by atoms with Crippen LogP contribution in [0.15, 0.2) is 42.5 Å². The predicted molar refractivity (Wildman–Crippen MR) is 155 cm³/mol. The molecule has 2 fully saturated rings. The molecular weight excluding hydrogens is 534 g/mol. The third-order valence-electron chi connectivity index (χ3n) is 7.93. The molecule has 1 amide bonds. The van der Waals surface area contributed by atoms with Crippen LogP contribution in [0.5, 0.6) is 0 Å². The Labute approximate surface area is 239 Å². The molecule has 1 saturated carbocycles. The molecule has 0 aromatic heterocycles. The molecule has 2 N–H and O–H groups in total. The van der Waals surface area contributed by atoms with Crippen molar-refractivity contribution in [3.63, 3.8) is 0 Å². The molecule has 1 heterocycles. The summed E-state index contributed by atoms with van der Waals surface area (Å²) in [6, 6.07) is 11.6. The van der Waals surface area contributed by atoms with Gasteiger partial charge in [0.05, 0.1) is 19.3 Å². The molecule has 2 unspecified atom stereocenters. The fourth-order valence-electron chi connectivity index (χ4n) is 5.74. The highest BCUT2D eigenvalue weighted by molar-refractivity contribution is 7.98. The third kappa shape index (κ3) is 8.04. The van der Waals surface area contributed by atoms with E-state index >= 15 is 0 Å². The fraction of sp³-hybridized carbons (Fsp3) is 0.548. The van der Waals surface area contributed by atoms with Crippen LogP contribution in [0.25, 0.3) is 11.1 Å². The summed E-state index contributed by atoms with van der Waals surface area (Å²) in [5.74, 6) is -3.72. The number of thioether (sulfide) groups is 1. The van der Waals surface area contributed by atoms with Crippen molar-refractivity contribution in [2.24, 2.45) is 0 Å². The lowest BCUT2D eigenvalue weighted by Crippen LogP contribution is -2.41. The number of amides is 1. The minimum atomic E-state index is -2.78. The Hall–Kier alpha value is -2.49. The van der Waals surface area contributed by atoms with Crippen LogP contribution in [0.4, 0.5) is 8.78 Å². The average molecular weight is 575 g/mol. The van der Waals surface area contributed by atoms with Gasteiger partial charge in [-0.1, -0.05) is 49.6 Å². The summed E-state index contributed by atoms with van der Waals surface area (Å²) < 4.78 is 35.2. The largest absolute Gasteiger partial charge is 0.480 e. The Balaban J connectivity index is 1.57. The Morgan fingerprint density at radius 1 is 1.15 bits per heavy atom. The molecule has 0 spiro atoms. The van der Waals surface area contributed by atoms with Gasteiger partial charge < -0.3 is 15.2 Å². The number of carboxylic acids is 1. The van der Waals surface area contributed by atoms with Gasteiger partial charge in [0.1, 0.15) is 6.04 Å². The van der Waals surface area contributed by atoms with Crippen LogP contribution >= 0.6 is 11.8 Å². The summed E-state index contributed by atoms with van der Waals surface area (Å²) in [7, 11) is 0. The van der Waals surface area contributed by atoms with Crippen molar-refractivity contribution in [3.05, 3.63) is 59.2 Å². The van der Waals surface area contributed by atoms with Gasteiger partial charge in [-0.3, -0.25) is 9.69 Å². The highest BCUT2D eigenvalue weighted by Gasteiger charge is 2.45. The first-order chi connectivity index (χ1) is 19.2. The van der Waals surface area contributed by atoms with E-state index in [1.807, 2.05) is 43.5 Å². The summed E-state index contributed by atoms with van der Waals surface area (Å²) in [6.45, 7) is 2.21. The number of hydrogen-bond acceptors (Lipinski definition) is 5. The standard InChI is InChI=1S/C31H40F2N2O4S/c1-21-8-6-7-11-25(21)27-16-22(12-13-26(27)29(36)34-28(30(37)38)14-15-40-2)18-35-20-31(32,33)17-23(35)19-39-24-9-4-3-5-10-24/h6-8,11-13,16,23-24,28H,3-5,9-10,14-15,17-20H2,1-2H3,(H,34,36)(H,37,38). The number of ether oxygens (including phenoxy) is 1. The van der Waals surface area contributed by atoms with Crippen molar-refractivity contribution >= 4 is 23.6 Å². The van der Waals surface area contributed by atoms with Gasteiger partial charge >= 0.3 is 5.97 Å². The van der Waals surface area contributed by atoms with Gasteiger partial charge in [0.15, 0.2) is 0 Å². The topological polar surface area (TPSA) is 78.9 Å². The van der Waals surface area contributed by atoms with Crippen LogP contribution in [0.1, 0.15) is 66.4 Å². The van der Waals surface area contributed by atoms with Crippen LogP contribution in [-0.4, -0.2) is 71.2 Å². The molecule has 2 aromatic rings. The molecule has 2 aliphatic rings. The maximum absolute atomic E-state index is 14.6. The molecule has 4 rings (SSSR count). The lowest BCUT2D eigenvalue weighted by atomic mass is 9.93. The number of rotatable bonds is 12. The van der Waals surface area contributed by atoms with E-state index in [0.29, 0.717) is 29.8 Å². The molecule has 1 aliphatic carbocycles.